The number of halogens is 1. The average molecular weight is 540 g/mol. The van der Waals surface area contributed by atoms with E-state index in [9.17, 15) is 9.59 Å². The average Bonchev–Trinajstić information content (AvgIpc) is 3.08. The number of hydrogen-bond donors (Lipinski definition) is 0. The van der Waals surface area contributed by atoms with Gasteiger partial charge in [0.1, 0.15) is 0 Å². The number of ether oxygens (including phenoxy) is 2. The smallest absolute Gasteiger partial charge is 0.343 e. The summed E-state index contributed by atoms with van der Waals surface area (Å²) in [5.74, 6) is -0.0710. The van der Waals surface area contributed by atoms with Crippen LogP contribution in [0.25, 0.3) is 6.08 Å². The predicted molar refractivity (Wildman–Crippen MR) is 139 cm³/mol. The Balaban J connectivity index is 1.61. The van der Waals surface area contributed by atoms with Gasteiger partial charge in [0.05, 0.1) is 27.7 Å². The van der Waals surface area contributed by atoms with Crippen molar-refractivity contribution in [3.05, 3.63) is 92.8 Å². The maximum absolute atomic E-state index is 13.0. The first kappa shape index (κ1) is 23.2. The molecule has 1 amide bonds. The standard InChI is InChI=1S/C25H18BrNO4S2/c1-15-8-10-17(11-9-15)24(29)31-22-19(26)12-16(13-20(22)30-2)14-21-23(28)27(25(32)33-21)18-6-4-3-5-7-18/h3-14H,1-2H3/b21-14+. The van der Waals surface area contributed by atoms with E-state index in [1.165, 1.54) is 23.8 Å². The van der Waals surface area contributed by atoms with E-state index >= 15 is 0 Å². The molecule has 0 bridgehead atoms. The molecule has 0 N–H and O–H groups in total. The molecule has 8 heteroatoms. The number of esters is 1. The highest BCUT2D eigenvalue weighted by Gasteiger charge is 2.33. The third-order valence-corrected chi connectivity index (χ3v) is 6.73. The minimum Gasteiger partial charge on any atom is -0.493 e. The van der Waals surface area contributed by atoms with Gasteiger partial charge in [-0.2, -0.15) is 0 Å². The van der Waals surface area contributed by atoms with Crippen LogP contribution in [0.5, 0.6) is 11.5 Å². The molecule has 1 heterocycles. The number of aryl methyl sites for hydroxylation is 1. The number of thioether (sulfide) groups is 1. The lowest BCUT2D eigenvalue weighted by Crippen LogP contribution is -2.27. The molecule has 0 spiro atoms. The van der Waals surface area contributed by atoms with E-state index in [1.807, 2.05) is 49.4 Å². The SMILES string of the molecule is COc1cc(/C=C2/SC(=S)N(c3ccccc3)C2=O)cc(Br)c1OC(=O)c1ccc(C)cc1. The lowest BCUT2D eigenvalue weighted by atomic mass is 10.1. The van der Waals surface area contributed by atoms with Crippen molar-refractivity contribution >= 4 is 67.9 Å². The van der Waals surface area contributed by atoms with Crippen molar-refractivity contribution in [2.75, 3.05) is 12.0 Å². The molecule has 1 aliphatic heterocycles. The summed E-state index contributed by atoms with van der Waals surface area (Å²) in [6.45, 7) is 1.95. The molecule has 0 aromatic heterocycles. The molecule has 1 aliphatic rings. The third kappa shape index (κ3) is 5.03. The van der Waals surface area contributed by atoms with Crippen molar-refractivity contribution in [1.29, 1.82) is 0 Å². The van der Waals surface area contributed by atoms with Gasteiger partial charge in [-0.25, -0.2) is 4.79 Å². The molecule has 5 nitrogen and oxygen atoms in total. The second kappa shape index (κ2) is 9.91. The number of carbonyl (C=O) groups is 2. The van der Waals surface area contributed by atoms with Crippen LogP contribution in [0, 0.1) is 6.92 Å². The minimum atomic E-state index is -0.495. The second-order valence-corrected chi connectivity index (χ2v) is 9.67. The summed E-state index contributed by atoms with van der Waals surface area (Å²) in [4.78, 5) is 27.6. The molecule has 1 fully saturated rings. The molecule has 0 unspecified atom stereocenters. The molecule has 1 saturated heterocycles. The summed E-state index contributed by atoms with van der Waals surface area (Å²) in [5, 5.41) is 0. The molecular formula is C25H18BrNO4S2. The fourth-order valence-corrected chi connectivity index (χ4v) is 5.02. The Kier molecular flexibility index (Phi) is 6.97. The number of thiocarbonyl (C=S) groups is 1. The van der Waals surface area contributed by atoms with Gasteiger partial charge in [-0.05, 0) is 70.9 Å². The summed E-state index contributed by atoms with van der Waals surface area (Å²) in [7, 11) is 1.49. The summed E-state index contributed by atoms with van der Waals surface area (Å²) in [5.41, 5.74) is 2.90. The Labute approximate surface area is 209 Å². The summed E-state index contributed by atoms with van der Waals surface area (Å²) < 4.78 is 12.0. The molecule has 3 aromatic rings. The van der Waals surface area contributed by atoms with Crippen LogP contribution in [0.4, 0.5) is 5.69 Å². The van der Waals surface area contributed by atoms with Gasteiger partial charge in [-0.3, -0.25) is 9.69 Å². The van der Waals surface area contributed by atoms with Crippen molar-refractivity contribution < 1.29 is 19.1 Å². The van der Waals surface area contributed by atoms with Gasteiger partial charge in [-0.15, -0.1) is 0 Å². The topological polar surface area (TPSA) is 55.8 Å². The second-order valence-electron chi connectivity index (χ2n) is 7.14. The molecule has 0 atom stereocenters. The quantitative estimate of drug-likeness (QED) is 0.162. The van der Waals surface area contributed by atoms with Gasteiger partial charge in [-0.1, -0.05) is 59.9 Å². The van der Waals surface area contributed by atoms with Crippen LogP contribution in [0.1, 0.15) is 21.5 Å². The number of methoxy groups -OCH3 is 1. The highest BCUT2D eigenvalue weighted by atomic mass is 79.9. The lowest BCUT2D eigenvalue weighted by Gasteiger charge is -2.14. The van der Waals surface area contributed by atoms with Crippen LogP contribution < -0.4 is 14.4 Å². The number of nitrogens with zero attached hydrogens (tertiary/aromatic N) is 1. The van der Waals surface area contributed by atoms with E-state index < -0.39 is 5.97 Å². The van der Waals surface area contributed by atoms with Crippen molar-refractivity contribution in [3.8, 4) is 11.5 Å². The Morgan fingerprint density at radius 3 is 2.45 bits per heavy atom. The van der Waals surface area contributed by atoms with E-state index in [0.717, 1.165) is 11.3 Å². The lowest BCUT2D eigenvalue weighted by molar-refractivity contribution is -0.113. The fourth-order valence-electron chi connectivity index (χ4n) is 3.18. The Morgan fingerprint density at radius 2 is 1.79 bits per heavy atom. The van der Waals surface area contributed by atoms with E-state index in [-0.39, 0.29) is 11.7 Å². The molecular weight excluding hydrogens is 522 g/mol. The van der Waals surface area contributed by atoms with Crippen LogP contribution in [-0.2, 0) is 4.79 Å². The zero-order valence-electron chi connectivity index (χ0n) is 17.7. The van der Waals surface area contributed by atoms with Gasteiger partial charge in [0, 0.05) is 0 Å². The van der Waals surface area contributed by atoms with Crippen molar-refractivity contribution in [2.45, 2.75) is 6.92 Å². The fraction of sp³-hybridized carbons (Fsp3) is 0.0800. The monoisotopic (exact) mass is 539 g/mol. The van der Waals surface area contributed by atoms with Gasteiger partial charge in [0.15, 0.2) is 15.8 Å². The Morgan fingerprint density at radius 1 is 1.09 bits per heavy atom. The van der Waals surface area contributed by atoms with E-state index in [4.69, 9.17) is 21.7 Å². The molecule has 166 valence electrons. The van der Waals surface area contributed by atoms with Crippen LogP contribution in [-0.4, -0.2) is 23.3 Å². The molecule has 0 radical (unpaired) electrons. The number of amides is 1. The maximum Gasteiger partial charge on any atom is 0.343 e. The van der Waals surface area contributed by atoms with Crippen molar-refractivity contribution in [3.63, 3.8) is 0 Å². The summed E-state index contributed by atoms with van der Waals surface area (Å²) in [6.07, 6.45) is 1.74. The van der Waals surface area contributed by atoms with Gasteiger partial charge >= 0.3 is 5.97 Å². The minimum absolute atomic E-state index is 0.193. The number of rotatable bonds is 5. The highest BCUT2D eigenvalue weighted by molar-refractivity contribution is 9.10. The number of carbonyl (C=O) groups excluding carboxylic acids is 2. The number of para-hydroxylation sites is 1. The highest BCUT2D eigenvalue weighted by Crippen LogP contribution is 2.40. The molecule has 3 aromatic carbocycles. The Hall–Kier alpha value is -2.94. The zero-order chi connectivity index (χ0) is 23.5. The molecule has 4 rings (SSSR count). The first-order valence-electron chi connectivity index (χ1n) is 9.87. The van der Waals surface area contributed by atoms with Crippen molar-refractivity contribution in [1.82, 2.24) is 0 Å². The van der Waals surface area contributed by atoms with Crippen molar-refractivity contribution in [2.24, 2.45) is 0 Å². The summed E-state index contributed by atoms with van der Waals surface area (Å²) in [6, 6.07) is 19.8. The number of anilines is 1. The van der Waals surface area contributed by atoms with E-state index in [2.05, 4.69) is 15.9 Å². The largest absolute Gasteiger partial charge is 0.493 e. The molecule has 0 saturated carbocycles. The van der Waals surface area contributed by atoms with Crippen LogP contribution in [0.2, 0.25) is 0 Å². The first-order chi connectivity index (χ1) is 15.9. The predicted octanol–water partition coefficient (Wildman–Crippen LogP) is 6.39. The van der Waals surface area contributed by atoms with Gasteiger partial charge in [0.2, 0.25) is 0 Å². The molecule has 33 heavy (non-hydrogen) atoms. The maximum atomic E-state index is 13.0. The normalized spacial score (nSPS) is 14.6. The van der Waals surface area contributed by atoms with Crippen LogP contribution >= 0.6 is 39.9 Å². The van der Waals surface area contributed by atoms with Gasteiger partial charge < -0.3 is 9.47 Å². The van der Waals surface area contributed by atoms with E-state index in [1.54, 1.807) is 30.3 Å². The first-order valence-corrected chi connectivity index (χ1v) is 11.9. The van der Waals surface area contributed by atoms with Crippen LogP contribution in [0.15, 0.2) is 76.1 Å². The number of hydrogen-bond acceptors (Lipinski definition) is 6. The van der Waals surface area contributed by atoms with Gasteiger partial charge in [0.25, 0.3) is 5.91 Å². The molecule has 0 aliphatic carbocycles. The third-order valence-electron chi connectivity index (χ3n) is 4.84. The summed E-state index contributed by atoms with van der Waals surface area (Å²) >= 11 is 10.1. The zero-order valence-corrected chi connectivity index (χ0v) is 20.9. The van der Waals surface area contributed by atoms with E-state index in [0.29, 0.717) is 30.6 Å². The Bertz CT molecular complexity index is 1270. The number of benzene rings is 3. The van der Waals surface area contributed by atoms with Crippen LogP contribution in [0.3, 0.4) is 0 Å².